The normalized spacial score (nSPS) is 14.1. The van der Waals surface area contributed by atoms with E-state index in [0.717, 1.165) is 0 Å². The van der Waals surface area contributed by atoms with Gasteiger partial charge in [-0.3, -0.25) is 0 Å². The predicted octanol–water partition coefficient (Wildman–Crippen LogP) is 3.45. The Kier molecular flexibility index (Phi) is 5.19. The Morgan fingerprint density at radius 2 is 1.89 bits per heavy atom. The Hall–Kier alpha value is -0.590. The molecule has 18 heavy (non-hydrogen) atoms. The molecular formula is C12H14Br2O4. The molecule has 0 aliphatic rings. The first-order valence-corrected chi connectivity index (χ1v) is 6.93. The van der Waals surface area contributed by atoms with E-state index in [-0.39, 0.29) is 12.2 Å². The van der Waals surface area contributed by atoms with Crippen molar-refractivity contribution in [2.75, 3.05) is 6.61 Å². The fraction of sp³-hybridized carbons (Fsp3) is 0.417. The van der Waals surface area contributed by atoms with Crippen LogP contribution >= 0.6 is 31.9 Å². The number of benzene rings is 1. The molecule has 6 heteroatoms. The van der Waals surface area contributed by atoms with Gasteiger partial charge in [0.1, 0.15) is 12.4 Å². The summed E-state index contributed by atoms with van der Waals surface area (Å²) in [6.45, 7) is 3.68. The standard InChI is InChI=1S/C12H14Br2O4/c1-3-12(2,17)6-18-10-8(13)4-7(11(15)16)5-9(10)14/h4-5,17H,3,6H2,1-2H3,(H,15,16). The summed E-state index contributed by atoms with van der Waals surface area (Å²) in [5.41, 5.74) is -0.756. The molecule has 0 bridgehead atoms. The van der Waals surface area contributed by atoms with Crippen LogP contribution in [0.4, 0.5) is 0 Å². The van der Waals surface area contributed by atoms with E-state index in [1.165, 1.54) is 12.1 Å². The van der Waals surface area contributed by atoms with Gasteiger partial charge in [-0.2, -0.15) is 0 Å². The molecule has 0 aromatic heterocycles. The summed E-state index contributed by atoms with van der Waals surface area (Å²) in [6, 6.07) is 2.92. The zero-order valence-corrected chi connectivity index (χ0v) is 13.2. The zero-order chi connectivity index (χ0) is 13.9. The van der Waals surface area contributed by atoms with Crippen LogP contribution in [-0.4, -0.2) is 28.4 Å². The number of hydrogen-bond acceptors (Lipinski definition) is 3. The molecule has 1 rings (SSSR count). The summed E-state index contributed by atoms with van der Waals surface area (Å²) < 4.78 is 6.58. The second-order valence-corrected chi connectivity index (χ2v) is 5.92. The smallest absolute Gasteiger partial charge is 0.335 e. The van der Waals surface area contributed by atoms with E-state index in [0.29, 0.717) is 21.1 Å². The fourth-order valence-electron chi connectivity index (χ4n) is 1.15. The van der Waals surface area contributed by atoms with Gasteiger partial charge in [-0.1, -0.05) is 6.92 Å². The summed E-state index contributed by atoms with van der Waals surface area (Å²) in [4.78, 5) is 10.9. The number of aromatic carboxylic acids is 1. The number of carboxylic acids is 1. The first-order chi connectivity index (χ1) is 8.26. The molecule has 1 unspecified atom stereocenters. The molecule has 0 fully saturated rings. The maximum atomic E-state index is 10.9. The van der Waals surface area contributed by atoms with Crippen molar-refractivity contribution in [3.63, 3.8) is 0 Å². The second kappa shape index (κ2) is 6.04. The van der Waals surface area contributed by atoms with E-state index >= 15 is 0 Å². The van der Waals surface area contributed by atoms with Gasteiger partial charge in [0.05, 0.1) is 20.1 Å². The Bertz CT molecular complexity index is 434. The maximum absolute atomic E-state index is 10.9. The first-order valence-electron chi connectivity index (χ1n) is 5.34. The molecule has 0 aliphatic heterocycles. The van der Waals surface area contributed by atoms with Crippen molar-refractivity contribution in [1.29, 1.82) is 0 Å². The van der Waals surface area contributed by atoms with Gasteiger partial charge in [-0.25, -0.2) is 4.79 Å². The molecule has 0 saturated carbocycles. The van der Waals surface area contributed by atoms with Crippen molar-refractivity contribution in [2.24, 2.45) is 0 Å². The topological polar surface area (TPSA) is 66.8 Å². The quantitative estimate of drug-likeness (QED) is 0.819. The molecule has 4 nitrogen and oxygen atoms in total. The number of halogens is 2. The highest BCUT2D eigenvalue weighted by Crippen LogP contribution is 2.35. The summed E-state index contributed by atoms with van der Waals surface area (Å²) in [5, 5.41) is 18.8. The van der Waals surface area contributed by atoms with Crippen LogP contribution in [0.15, 0.2) is 21.1 Å². The van der Waals surface area contributed by atoms with E-state index < -0.39 is 11.6 Å². The van der Waals surface area contributed by atoms with Crippen LogP contribution in [0, 0.1) is 0 Å². The fourth-order valence-corrected chi connectivity index (χ4v) is 2.57. The number of hydrogen-bond donors (Lipinski definition) is 2. The van der Waals surface area contributed by atoms with Crippen molar-refractivity contribution in [2.45, 2.75) is 25.9 Å². The van der Waals surface area contributed by atoms with Gasteiger partial charge < -0.3 is 14.9 Å². The third-order valence-corrected chi connectivity index (χ3v) is 3.71. The second-order valence-electron chi connectivity index (χ2n) is 4.21. The van der Waals surface area contributed by atoms with E-state index in [1.54, 1.807) is 6.92 Å². The molecule has 0 radical (unpaired) electrons. The van der Waals surface area contributed by atoms with Crippen LogP contribution in [0.1, 0.15) is 30.6 Å². The Balaban J connectivity index is 2.94. The molecule has 1 atom stereocenters. The maximum Gasteiger partial charge on any atom is 0.335 e. The van der Waals surface area contributed by atoms with Gasteiger partial charge in [0.25, 0.3) is 0 Å². The van der Waals surface area contributed by atoms with Crippen LogP contribution in [0.25, 0.3) is 0 Å². The minimum atomic E-state index is -1.01. The minimum Gasteiger partial charge on any atom is -0.488 e. The van der Waals surface area contributed by atoms with Gasteiger partial charge in [0.15, 0.2) is 0 Å². The van der Waals surface area contributed by atoms with Crippen LogP contribution in [-0.2, 0) is 0 Å². The summed E-state index contributed by atoms with van der Waals surface area (Å²) in [5.74, 6) is -0.530. The average molecular weight is 382 g/mol. The van der Waals surface area contributed by atoms with Gasteiger partial charge in [-0.05, 0) is 57.3 Å². The van der Waals surface area contributed by atoms with Crippen LogP contribution < -0.4 is 4.74 Å². The Labute approximate surface area is 122 Å². The van der Waals surface area contributed by atoms with Gasteiger partial charge >= 0.3 is 5.97 Å². The van der Waals surface area contributed by atoms with E-state index in [1.807, 2.05) is 6.92 Å². The lowest BCUT2D eigenvalue weighted by Gasteiger charge is -2.22. The summed E-state index contributed by atoms with van der Waals surface area (Å²) in [7, 11) is 0. The van der Waals surface area contributed by atoms with Gasteiger partial charge in [0, 0.05) is 0 Å². The summed E-state index contributed by atoms with van der Waals surface area (Å²) >= 11 is 6.51. The van der Waals surface area contributed by atoms with Crippen molar-refractivity contribution < 1.29 is 19.7 Å². The van der Waals surface area contributed by atoms with Crippen molar-refractivity contribution in [1.82, 2.24) is 0 Å². The lowest BCUT2D eigenvalue weighted by molar-refractivity contribution is 0.00797. The number of ether oxygens (including phenoxy) is 1. The molecular weight excluding hydrogens is 368 g/mol. The highest BCUT2D eigenvalue weighted by Gasteiger charge is 2.20. The Morgan fingerprint density at radius 1 is 1.39 bits per heavy atom. The SMILES string of the molecule is CCC(C)(O)COc1c(Br)cc(C(=O)O)cc1Br. The highest BCUT2D eigenvalue weighted by molar-refractivity contribution is 9.11. The number of carboxylic acid groups (broad SMARTS) is 1. The molecule has 0 aliphatic carbocycles. The molecule has 1 aromatic rings. The third-order valence-electron chi connectivity index (χ3n) is 2.53. The largest absolute Gasteiger partial charge is 0.488 e. The number of rotatable bonds is 5. The van der Waals surface area contributed by atoms with Gasteiger partial charge in [-0.15, -0.1) is 0 Å². The molecule has 0 saturated heterocycles. The Morgan fingerprint density at radius 3 is 2.28 bits per heavy atom. The highest BCUT2D eigenvalue weighted by atomic mass is 79.9. The first kappa shape index (κ1) is 15.5. The summed E-state index contributed by atoms with van der Waals surface area (Å²) in [6.07, 6.45) is 0.565. The number of aliphatic hydroxyl groups is 1. The average Bonchev–Trinajstić information content (AvgIpc) is 2.27. The molecule has 0 heterocycles. The molecule has 2 N–H and O–H groups in total. The van der Waals surface area contributed by atoms with Gasteiger partial charge in [0.2, 0.25) is 0 Å². The van der Waals surface area contributed by atoms with Crippen molar-refractivity contribution >= 4 is 37.8 Å². The van der Waals surface area contributed by atoms with E-state index in [9.17, 15) is 9.90 Å². The van der Waals surface area contributed by atoms with E-state index in [4.69, 9.17) is 9.84 Å². The van der Waals surface area contributed by atoms with E-state index in [2.05, 4.69) is 31.9 Å². The molecule has 100 valence electrons. The monoisotopic (exact) mass is 380 g/mol. The zero-order valence-electron chi connectivity index (χ0n) is 10.0. The third kappa shape index (κ3) is 3.96. The lowest BCUT2D eigenvalue weighted by atomic mass is 10.1. The van der Waals surface area contributed by atoms with Crippen LogP contribution in [0.5, 0.6) is 5.75 Å². The van der Waals surface area contributed by atoms with Crippen LogP contribution in [0.3, 0.4) is 0 Å². The minimum absolute atomic E-state index is 0.132. The molecule has 0 amide bonds. The van der Waals surface area contributed by atoms with Crippen molar-refractivity contribution in [3.8, 4) is 5.75 Å². The lowest BCUT2D eigenvalue weighted by Crippen LogP contribution is -2.31. The van der Waals surface area contributed by atoms with Crippen LogP contribution in [0.2, 0.25) is 0 Å². The molecule has 0 spiro atoms. The van der Waals surface area contributed by atoms with Crippen molar-refractivity contribution in [3.05, 3.63) is 26.6 Å². The molecule has 1 aromatic carbocycles. The number of carbonyl (C=O) groups is 1. The predicted molar refractivity (Wildman–Crippen MR) is 75.2 cm³/mol.